The number of nitrogens with zero attached hydrogens (tertiary/aromatic N) is 2. The van der Waals surface area contributed by atoms with Crippen LogP contribution >= 0.6 is 0 Å². The number of carbonyl (C=O) groups excluding carboxylic acids is 2. The van der Waals surface area contributed by atoms with Crippen molar-refractivity contribution in [2.75, 3.05) is 20.3 Å². The fourth-order valence-electron chi connectivity index (χ4n) is 4.24. The van der Waals surface area contributed by atoms with E-state index in [1.54, 1.807) is 7.05 Å². The van der Waals surface area contributed by atoms with E-state index in [2.05, 4.69) is 27.9 Å². The van der Waals surface area contributed by atoms with E-state index in [4.69, 9.17) is 9.47 Å². The van der Waals surface area contributed by atoms with Crippen molar-refractivity contribution in [3.05, 3.63) is 77.1 Å². The summed E-state index contributed by atoms with van der Waals surface area (Å²) in [4.78, 5) is 36.4. The molecule has 1 atom stereocenters. The molecular formula is C25H26N4O6. The number of rotatable bonds is 9. The van der Waals surface area contributed by atoms with Crippen LogP contribution in [0.1, 0.15) is 33.1 Å². The maximum absolute atomic E-state index is 12.6. The maximum atomic E-state index is 12.6. The number of aromatic nitrogens is 2. The third kappa shape index (κ3) is 5.02. The Morgan fingerprint density at radius 1 is 1.09 bits per heavy atom. The van der Waals surface area contributed by atoms with E-state index >= 15 is 0 Å². The van der Waals surface area contributed by atoms with Crippen LogP contribution in [-0.2, 0) is 27.9 Å². The van der Waals surface area contributed by atoms with E-state index in [1.165, 1.54) is 18.0 Å². The molecule has 1 aromatic heterocycles. The lowest BCUT2D eigenvalue weighted by Gasteiger charge is -2.15. The topological polar surface area (TPSA) is 132 Å². The first-order chi connectivity index (χ1) is 16.9. The first-order valence-electron chi connectivity index (χ1n) is 11.0. The SMILES string of the molecule is COCC(NC(=O)c1cnn(C)c1CNC(=O)OCC1c2ccccc2-c2ccccc21)C(=O)O. The molecule has 2 amide bonds. The van der Waals surface area contributed by atoms with E-state index in [-0.39, 0.29) is 31.2 Å². The third-order valence-corrected chi connectivity index (χ3v) is 5.99. The quantitative estimate of drug-likeness (QED) is 0.430. The molecule has 0 aliphatic heterocycles. The third-order valence-electron chi connectivity index (χ3n) is 5.99. The van der Waals surface area contributed by atoms with Crippen LogP contribution in [0.4, 0.5) is 4.79 Å². The predicted octanol–water partition coefficient (Wildman–Crippen LogP) is 2.29. The number of aliphatic carboxylic acids is 1. The second-order valence-electron chi connectivity index (χ2n) is 8.13. The fourth-order valence-corrected chi connectivity index (χ4v) is 4.24. The van der Waals surface area contributed by atoms with Crippen molar-refractivity contribution in [1.82, 2.24) is 20.4 Å². The molecule has 0 spiro atoms. The van der Waals surface area contributed by atoms with Gasteiger partial charge >= 0.3 is 12.1 Å². The van der Waals surface area contributed by atoms with Gasteiger partial charge in [0.2, 0.25) is 0 Å². The van der Waals surface area contributed by atoms with Gasteiger partial charge in [-0.2, -0.15) is 5.10 Å². The standard InChI is InChI=1S/C25H26N4O6/c1-29-22(19(11-27-29)23(30)28-21(14-34-2)24(31)32)12-26-25(33)35-13-20-17-9-5-3-7-15(17)16-8-4-6-10-18(16)20/h3-11,20-21H,12-14H2,1-2H3,(H,26,33)(H,28,30)(H,31,32). The Morgan fingerprint density at radius 2 is 1.71 bits per heavy atom. The van der Waals surface area contributed by atoms with Gasteiger partial charge in [-0.05, 0) is 22.3 Å². The van der Waals surface area contributed by atoms with Gasteiger partial charge in [-0.25, -0.2) is 9.59 Å². The van der Waals surface area contributed by atoms with Crippen molar-refractivity contribution in [2.45, 2.75) is 18.5 Å². The van der Waals surface area contributed by atoms with Crippen molar-refractivity contribution >= 4 is 18.0 Å². The number of hydrogen-bond acceptors (Lipinski definition) is 6. The largest absolute Gasteiger partial charge is 0.480 e. The Kier molecular flexibility index (Phi) is 7.11. The number of ether oxygens (including phenoxy) is 2. The average Bonchev–Trinajstić information content (AvgIpc) is 3.38. The van der Waals surface area contributed by atoms with Crippen LogP contribution in [0.15, 0.2) is 54.7 Å². The number of methoxy groups -OCH3 is 1. The van der Waals surface area contributed by atoms with Crippen molar-refractivity contribution in [2.24, 2.45) is 7.05 Å². The van der Waals surface area contributed by atoms with Crippen molar-refractivity contribution in [1.29, 1.82) is 0 Å². The number of hydrogen-bond donors (Lipinski definition) is 3. The van der Waals surface area contributed by atoms with Gasteiger partial charge in [-0.3, -0.25) is 9.48 Å². The number of fused-ring (bicyclic) bond motifs is 3. The van der Waals surface area contributed by atoms with E-state index in [1.807, 2.05) is 36.4 Å². The van der Waals surface area contributed by atoms with Gasteiger partial charge in [0.25, 0.3) is 5.91 Å². The summed E-state index contributed by atoms with van der Waals surface area (Å²) in [5, 5.41) is 18.3. The Hall–Kier alpha value is -4.18. The second-order valence-corrected chi connectivity index (χ2v) is 8.13. The summed E-state index contributed by atoms with van der Waals surface area (Å²) in [5.74, 6) is -1.92. The number of carboxylic acid groups (broad SMARTS) is 1. The monoisotopic (exact) mass is 478 g/mol. The molecule has 1 aliphatic carbocycles. The molecular weight excluding hydrogens is 452 g/mol. The number of carbonyl (C=O) groups is 3. The number of nitrogens with one attached hydrogen (secondary N) is 2. The molecule has 1 heterocycles. The molecule has 10 nitrogen and oxygen atoms in total. The average molecular weight is 479 g/mol. The zero-order chi connectivity index (χ0) is 24.9. The van der Waals surface area contributed by atoms with E-state index in [9.17, 15) is 19.5 Å². The molecule has 1 unspecified atom stereocenters. The lowest BCUT2D eigenvalue weighted by Crippen LogP contribution is -2.44. The molecule has 35 heavy (non-hydrogen) atoms. The van der Waals surface area contributed by atoms with Crippen LogP contribution in [0.2, 0.25) is 0 Å². The molecule has 0 bridgehead atoms. The molecule has 1 aliphatic rings. The van der Waals surface area contributed by atoms with E-state index < -0.39 is 24.0 Å². The molecule has 3 N–H and O–H groups in total. The van der Waals surface area contributed by atoms with E-state index in [0.717, 1.165) is 22.3 Å². The summed E-state index contributed by atoms with van der Waals surface area (Å²) in [5.41, 5.74) is 5.03. The molecule has 0 fully saturated rings. The van der Waals surface area contributed by atoms with Gasteiger partial charge in [0.1, 0.15) is 6.61 Å². The highest BCUT2D eigenvalue weighted by Gasteiger charge is 2.29. The molecule has 10 heteroatoms. The van der Waals surface area contributed by atoms with Gasteiger partial charge in [0.05, 0.1) is 30.6 Å². The Labute approximate surface area is 201 Å². The number of benzene rings is 2. The number of carboxylic acids is 1. The van der Waals surface area contributed by atoms with E-state index in [0.29, 0.717) is 5.69 Å². The lowest BCUT2D eigenvalue weighted by atomic mass is 9.98. The smallest absolute Gasteiger partial charge is 0.407 e. The summed E-state index contributed by atoms with van der Waals surface area (Å²) < 4.78 is 11.8. The van der Waals surface area contributed by atoms with Gasteiger partial charge < -0.3 is 25.2 Å². The minimum atomic E-state index is -1.22. The minimum absolute atomic E-state index is 0.0298. The summed E-state index contributed by atoms with van der Waals surface area (Å²) in [6.45, 7) is -0.0531. The van der Waals surface area contributed by atoms with Crippen LogP contribution in [0.5, 0.6) is 0 Å². The number of alkyl carbamates (subject to hydrolysis) is 1. The zero-order valence-corrected chi connectivity index (χ0v) is 19.4. The van der Waals surface area contributed by atoms with Crippen LogP contribution < -0.4 is 10.6 Å². The molecule has 0 saturated heterocycles. The van der Waals surface area contributed by atoms with Gasteiger partial charge in [0.15, 0.2) is 6.04 Å². The Bertz CT molecular complexity index is 1210. The second kappa shape index (κ2) is 10.4. The molecule has 0 saturated carbocycles. The van der Waals surface area contributed by atoms with Crippen LogP contribution in [-0.4, -0.2) is 59.2 Å². The highest BCUT2D eigenvalue weighted by molar-refractivity contribution is 5.97. The lowest BCUT2D eigenvalue weighted by molar-refractivity contribution is -0.140. The first kappa shape index (κ1) is 24.0. The summed E-state index contributed by atoms with van der Waals surface area (Å²) in [6.07, 6.45) is 0.678. The van der Waals surface area contributed by atoms with Crippen LogP contribution in [0.3, 0.4) is 0 Å². The maximum Gasteiger partial charge on any atom is 0.407 e. The molecule has 182 valence electrons. The Balaban J connectivity index is 1.38. The minimum Gasteiger partial charge on any atom is -0.480 e. The predicted molar refractivity (Wildman–Crippen MR) is 126 cm³/mol. The molecule has 3 aromatic rings. The van der Waals surface area contributed by atoms with Crippen LogP contribution in [0.25, 0.3) is 11.1 Å². The number of aryl methyl sites for hydroxylation is 1. The molecule has 2 aromatic carbocycles. The van der Waals surface area contributed by atoms with Gasteiger partial charge in [0, 0.05) is 20.1 Å². The molecule has 0 radical (unpaired) electrons. The van der Waals surface area contributed by atoms with Crippen molar-refractivity contribution < 1.29 is 29.0 Å². The van der Waals surface area contributed by atoms with Crippen LogP contribution in [0, 0.1) is 0 Å². The highest BCUT2D eigenvalue weighted by Crippen LogP contribution is 2.44. The zero-order valence-electron chi connectivity index (χ0n) is 19.4. The van der Waals surface area contributed by atoms with Gasteiger partial charge in [-0.15, -0.1) is 0 Å². The Morgan fingerprint density at radius 3 is 2.31 bits per heavy atom. The van der Waals surface area contributed by atoms with Crippen molar-refractivity contribution in [3.8, 4) is 11.1 Å². The highest BCUT2D eigenvalue weighted by atomic mass is 16.5. The molecule has 4 rings (SSSR count). The van der Waals surface area contributed by atoms with Gasteiger partial charge in [-0.1, -0.05) is 48.5 Å². The summed E-state index contributed by atoms with van der Waals surface area (Å²) in [6, 6.07) is 14.9. The van der Waals surface area contributed by atoms with Crippen molar-refractivity contribution in [3.63, 3.8) is 0 Å². The summed E-state index contributed by atoms with van der Waals surface area (Å²) in [7, 11) is 2.96. The first-order valence-corrected chi connectivity index (χ1v) is 11.0. The summed E-state index contributed by atoms with van der Waals surface area (Å²) >= 11 is 0. The number of amides is 2. The normalized spacial score (nSPS) is 13.0. The fraction of sp³-hybridized carbons (Fsp3) is 0.280.